The maximum atomic E-state index is 12.6. The van der Waals surface area contributed by atoms with E-state index in [0.29, 0.717) is 18.7 Å². The maximum Gasteiger partial charge on any atom is 0.433 e. The summed E-state index contributed by atoms with van der Waals surface area (Å²) in [6.07, 6.45) is -0.877. The lowest BCUT2D eigenvalue weighted by Crippen LogP contribution is -2.21. The highest BCUT2D eigenvalue weighted by atomic mass is 19.4. The van der Waals surface area contributed by atoms with Gasteiger partial charge in [-0.2, -0.15) is 13.2 Å². The van der Waals surface area contributed by atoms with Crippen LogP contribution in [0.4, 0.5) is 18.9 Å². The van der Waals surface area contributed by atoms with Crippen molar-refractivity contribution < 1.29 is 13.2 Å². The Kier molecular flexibility index (Phi) is 4.22. The molecular weight excluding hydrogens is 267 g/mol. The van der Waals surface area contributed by atoms with Crippen LogP contribution in [0.2, 0.25) is 0 Å². The molecule has 0 saturated carbocycles. The normalized spacial score (nSPS) is 11.4. The summed E-state index contributed by atoms with van der Waals surface area (Å²) in [5, 5.41) is 0. The Balaban J connectivity index is 2.04. The van der Waals surface area contributed by atoms with E-state index in [9.17, 15) is 13.2 Å². The van der Waals surface area contributed by atoms with Crippen LogP contribution in [0, 0.1) is 0 Å². The first-order valence-electron chi connectivity index (χ1n) is 6.11. The van der Waals surface area contributed by atoms with Crippen LogP contribution in [0.25, 0.3) is 0 Å². The topological polar surface area (TPSA) is 29.0 Å². The number of pyridine rings is 2. The van der Waals surface area contributed by atoms with Crippen molar-refractivity contribution in [1.82, 2.24) is 9.97 Å². The van der Waals surface area contributed by atoms with Gasteiger partial charge in [0, 0.05) is 43.8 Å². The molecule has 0 aromatic carbocycles. The molecule has 2 aromatic heterocycles. The Morgan fingerprint density at radius 2 is 1.90 bits per heavy atom. The first-order valence-corrected chi connectivity index (χ1v) is 6.11. The Bertz CT molecular complexity index is 555. The number of hydrogen-bond acceptors (Lipinski definition) is 3. The fourth-order valence-corrected chi connectivity index (χ4v) is 1.77. The van der Waals surface area contributed by atoms with E-state index in [1.807, 2.05) is 18.2 Å². The van der Waals surface area contributed by atoms with Gasteiger partial charge < -0.3 is 4.90 Å². The lowest BCUT2D eigenvalue weighted by molar-refractivity contribution is -0.141. The highest BCUT2D eigenvalue weighted by molar-refractivity contribution is 5.46. The molecule has 0 saturated heterocycles. The molecule has 0 fully saturated rings. The molecule has 0 unspecified atom stereocenters. The molecule has 6 heteroatoms. The zero-order valence-electron chi connectivity index (χ0n) is 10.9. The largest absolute Gasteiger partial charge is 0.433 e. The van der Waals surface area contributed by atoms with Crippen molar-refractivity contribution in [2.24, 2.45) is 0 Å². The van der Waals surface area contributed by atoms with Crippen molar-refractivity contribution >= 4 is 5.69 Å². The Labute approximate surface area is 115 Å². The third-order valence-electron chi connectivity index (χ3n) is 2.90. The van der Waals surface area contributed by atoms with Crippen LogP contribution in [-0.2, 0) is 12.6 Å². The number of likely N-dealkylation sites (N-methyl/N-ethyl adjacent to an activating group) is 1. The van der Waals surface area contributed by atoms with Crippen LogP contribution < -0.4 is 4.90 Å². The number of nitrogens with zero attached hydrogens (tertiary/aromatic N) is 3. The number of hydrogen-bond donors (Lipinski definition) is 0. The van der Waals surface area contributed by atoms with E-state index in [4.69, 9.17) is 0 Å². The number of alkyl halides is 3. The molecule has 20 heavy (non-hydrogen) atoms. The Morgan fingerprint density at radius 3 is 2.55 bits per heavy atom. The maximum absolute atomic E-state index is 12.6. The third-order valence-corrected chi connectivity index (χ3v) is 2.90. The lowest BCUT2D eigenvalue weighted by atomic mass is 10.2. The molecule has 0 bridgehead atoms. The monoisotopic (exact) mass is 281 g/mol. The van der Waals surface area contributed by atoms with E-state index < -0.39 is 11.9 Å². The van der Waals surface area contributed by atoms with Crippen molar-refractivity contribution in [2.75, 3.05) is 18.5 Å². The van der Waals surface area contributed by atoms with Gasteiger partial charge in [0.05, 0.1) is 0 Å². The standard InChI is InChI=1S/C14H14F3N3/c1-20(9-6-11-4-2-3-7-18-11)12-5-8-19-13(10-12)14(15,16)17/h2-5,7-8,10H,6,9H2,1H3. The zero-order chi connectivity index (χ0) is 14.6. The van der Waals surface area contributed by atoms with Crippen LogP contribution >= 0.6 is 0 Å². The summed E-state index contributed by atoms with van der Waals surface area (Å²) in [7, 11) is 1.75. The molecule has 0 aliphatic rings. The van der Waals surface area contributed by atoms with Crippen LogP contribution in [0.5, 0.6) is 0 Å². The lowest BCUT2D eigenvalue weighted by Gasteiger charge is -2.20. The van der Waals surface area contributed by atoms with Crippen molar-refractivity contribution in [3.63, 3.8) is 0 Å². The molecule has 3 nitrogen and oxygen atoms in total. The highest BCUT2D eigenvalue weighted by Crippen LogP contribution is 2.29. The van der Waals surface area contributed by atoms with Gasteiger partial charge in [-0.1, -0.05) is 6.07 Å². The van der Waals surface area contributed by atoms with Crippen LogP contribution in [-0.4, -0.2) is 23.6 Å². The fourth-order valence-electron chi connectivity index (χ4n) is 1.77. The van der Waals surface area contributed by atoms with Crippen molar-refractivity contribution in [3.05, 3.63) is 54.1 Å². The van der Waals surface area contributed by atoms with Gasteiger partial charge in [-0.05, 0) is 24.3 Å². The molecule has 2 heterocycles. The average molecular weight is 281 g/mol. The smallest absolute Gasteiger partial charge is 0.374 e. The number of anilines is 1. The van der Waals surface area contributed by atoms with Crippen LogP contribution in [0.1, 0.15) is 11.4 Å². The predicted molar refractivity (Wildman–Crippen MR) is 70.5 cm³/mol. The van der Waals surface area contributed by atoms with Gasteiger partial charge in [0.15, 0.2) is 0 Å². The van der Waals surface area contributed by atoms with Gasteiger partial charge in [-0.3, -0.25) is 9.97 Å². The minimum absolute atomic E-state index is 0.489. The number of halogens is 3. The van der Waals surface area contributed by atoms with Crippen LogP contribution in [0.3, 0.4) is 0 Å². The van der Waals surface area contributed by atoms with E-state index >= 15 is 0 Å². The van der Waals surface area contributed by atoms with Gasteiger partial charge in [0.1, 0.15) is 5.69 Å². The van der Waals surface area contributed by atoms with E-state index in [0.717, 1.165) is 11.8 Å². The van der Waals surface area contributed by atoms with E-state index in [1.54, 1.807) is 24.2 Å². The minimum Gasteiger partial charge on any atom is -0.374 e. The summed E-state index contributed by atoms with van der Waals surface area (Å²) in [6, 6.07) is 8.22. The predicted octanol–water partition coefficient (Wildman–Crippen LogP) is 3.17. The molecule has 0 radical (unpaired) electrons. The second-order valence-corrected chi connectivity index (χ2v) is 4.39. The number of rotatable bonds is 4. The van der Waals surface area contributed by atoms with Crippen molar-refractivity contribution in [3.8, 4) is 0 Å². The summed E-state index contributed by atoms with van der Waals surface area (Å²) in [5.41, 5.74) is 0.521. The van der Waals surface area contributed by atoms with Crippen LogP contribution in [0.15, 0.2) is 42.7 Å². The molecule has 0 aliphatic carbocycles. The molecule has 0 aliphatic heterocycles. The average Bonchev–Trinajstić information content (AvgIpc) is 2.45. The summed E-state index contributed by atoms with van der Waals surface area (Å²) in [5.74, 6) is 0. The number of aromatic nitrogens is 2. The molecule has 2 aromatic rings. The summed E-state index contributed by atoms with van der Waals surface area (Å²) < 4.78 is 37.8. The SMILES string of the molecule is CN(CCc1ccccn1)c1ccnc(C(F)(F)F)c1. The summed E-state index contributed by atoms with van der Waals surface area (Å²) >= 11 is 0. The third kappa shape index (κ3) is 3.69. The molecule has 2 rings (SSSR count). The minimum atomic E-state index is -4.42. The summed E-state index contributed by atoms with van der Waals surface area (Å²) in [6.45, 7) is 0.582. The van der Waals surface area contributed by atoms with Gasteiger partial charge in [-0.25, -0.2) is 0 Å². The molecular formula is C14H14F3N3. The second-order valence-electron chi connectivity index (χ2n) is 4.39. The first-order chi connectivity index (χ1) is 9.47. The summed E-state index contributed by atoms with van der Waals surface area (Å²) in [4.78, 5) is 9.29. The van der Waals surface area contributed by atoms with Gasteiger partial charge in [0.25, 0.3) is 0 Å². The van der Waals surface area contributed by atoms with E-state index in [1.165, 1.54) is 6.20 Å². The molecule has 0 atom stereocenters. The zero-order valence-corrected chi connectivity index (χ0v) is 10.9. The Hall–Kier alpha value is -2.11. The highest BCUT2D eigenvalue weighted by Gasteiger charge is 2.32. The Morgan fingerprint density at radius 1 is 1.10 bits per heavy atom. The van der Waals surface area contributed by atoms with Gasteiger partial charge >= 0.3 is 6.18 Å². The molecule has 0 spiro atoms. The molecule has 0 N–H and O–H groups in total. The first kappa shape index (κ1) is 14.3. The van der Waals surface area contributed by atoms with Gasteiger partial charge in [0.2, 0.25) is 0 Å². The second kappa shape index (κ2) is 5.90. The van der Waals surface area contributed by atoms with E-state index in [-0.39, 0.29) is 0 Å². The van der Waals surface area contributed by atoms with Crippen molar-refractivity contribution in [1.29, 1.82) is 0 Å². The molecule has 106 valence electrons. The molecule has 0 amide bonds. The van der Waals surface area contributed by atoms with Gasteiger partial charge in [-0.15, -0.1) is 0 Å². The van der Waals surface area contributed by atoms with Crippen molar-refractivity contribution in [2.45, 2.75) is 12.6 Å². The quantitative estimate of drug-likeness (QED) is 0.862. The fraction of sp³-hybridized carbons (Fsp3) is 0.286. The van der Waals surface area contributed by atoms with E-state index in [2.05, 4.69) is 9.97 Å².